The highest BCUT2D eigenvalue weighted by Crippen LogP contribution is 2.34. The molecule has 1 saturated heterocycles. The maximum absolute atomic E-state index is 5.83. The van der Waals surface area contributed by atoms with Crippen molar-refractivity contribution < 1.29 is 14.2 Å². The molecule has 0 atom stereocenters. The largest absolute Gasteiger partial charge is 0.492 e. The van der Waals surface area contributed by atoms with Crippen LogP contribution in [0, 0.1) is 5.92 Å². The van der Waals surface area contributed by atoms with Gasteiger partial charge in [-0.05, 0) is 46.8 Å². The molecular weight excluding hydrogens is 350 g/mol. The Morgan fingerprint density at radius 2 is 2.09 bits per heavy atom. The van der Waals surface area contributed by atoms with Gasteiger partial charge in [-0.15, -0.1) is 5.10 Å². The zero-order chi connectivity index (χ0) is 14.9. The average molecular weight is 368 g/mol. The van der Waals surface area contributed by atoms with E-state index in [1.807, 2.05) is 16.8 Å². The molecule has 1 aliphatic heterocycles. The molecule has 6 nitrogen and oxygen atoms in total. The summed E-state index contributed by atoms with van der Waals surface area (Å²) in [4.78, 5) is 0. The predicted molar refractivity (Wildman–Crippen MR) is 83.8 cm³/mol. The SMILES string of the molecule is Brc1c(OCCC2OCCO2)ccc2c1nnn2CC1CC1. The van der Waals surface area contributed by atoms with Crippen LogP contribution >= 0.6 is 15.9 Å². The van der Waals surface area contributed by atoms with Crippen molar-refractivity contribution in [2.45, 2.75) is 32.1 Å². The fourth-order valence-electron chi connectivity index (χ4n) is 2.62. The zero-order valence-electron chi connectivity index (χ0n) is 12.2. The minimum absolute atomic E-state index is 0.137. The summed E-state index contributed by atoms with van der Waals surface area (Å²) >= 11 is 3.59. The van der Waals surface area contributed by atoms with Gasteiger partial charge in [-0.2, -0.15) is 0 Å². The monoisotopic (exact) mass is 367 g/mol. The van der Waals surface area contributed by atoms with Gasteiger partial charge in [-0.3, -0.25) is 0 Å². The average Bonchev–Trinajstić information content (AvgIpc) is 3.01. The van der Waals surface area contributed by atoms with Crippen LogP contribution in [0.4, 0.5) is 0 Å². The molecule has 2 aromatic rings. The van der Waals surface area contributed by atoms with Crippen LogP contribution in [0.2, 0.25) is 0 Å². The van der Waals surface area contributed by atoms with E-state index < -0.39 is 0 Å². The van der Waals surface area contributed by atoms with Gasteiger partial charge >= 0.3 is 0 Å². The van der Waals surface area contributed by atoms with E-state index in [9.17, 15) is 0 Å². The van der Waals surface area contributed by atoms with E-state index in [1.165, 1.54) is 12.8 Å². The molecule has 0 bridgehead atoms. The Balaban J connectivity index is 1.45. The fraction of sp³-hybridized carbons (Fsp3) is 0.600. The lowest BCUT2D eigenvalue weighted by molar-refractivity contribution is -0.0531. The Morgan fingerprint density at radius 1 is 1.27 bits per heavy atom. The Bertz CT molecular complexity index is 665. The van der Waals surface area contributed by atoms with Gasteiger partial charge in [-0.1, -0.05) is 5.21 Å². The van der Waals surface area contributed by atoms with Crippen molar-refractivity contribution in [2.75, 3.05) is 19.8 Å². The molecule has 1 aromatic carbocycles. The first-order valence-corrected chi connectivity index (χ1v) is 8.48. The third kappa shape index (κ3) is 2.98. The van der Waals surface area contributed by atoms with Gasteiger partial charge in [0.25, 0.3) is 0 Å². The van der Waals surface area contributed by atoms with Gasteiger partial charge in [0.2, 0.25) is 0 Å². The Kier molecular flexibility index (Phi) is 4.02. The quantitative estimate of drug-likeness (QED) is 0.785. The lowest BCUT2D eigenvalue weighted by Crippen LogP contribution is -2.12. The van der Waals surface area contributed by atoms with Gasteiger partial charge in [0.15, 0.2) is 6.29 Å². The van der Waals surface area contributed by atoms with Crippen molar-refractivity contribution >= 4 is 27.0 Å². The Labute approximate surface area is 136 Å². The zero-order valence-corrected chi connectivity index (χ0v) is 13.8. The van der Waals surface area contributed by atoms with E-state index in [1.54, 1.807) is 0 Å². The Hall–Kier alpha value is -1.18. The van der Waals surface area contributed by atoms with Gasteiger partial charge in [0, 0.05) is 13.0 Å². The molecule has 2 aliphatic rings. The molecule has 2 heterocycles. The maximum atomic E-state index is 5.83. The first kappa shape index (κ1) is 14.4. The standard InChI is InChI=1S/C15H18BrN3O3/c16-14-12(20-6-5-13-21-7-8-22-13)4-3-11-15(14)17-18-19(11)9-10-1-2-10/h3-4,10,13H,1-2,5-9H2. The van der Waals surface area contributed by atoms with E-state index in [4.69, 9.17) is 14.2 Å². The third-order valence-electron chi connectivity index (χ3n) is 4.02. The highest BCUT2D eigenvalue weighted by atomic mass is 79.9. The van der Waals surface area contributed by atoms with Crippen LogP contribution in [0.3, 0.4) is 0 Å². The minimum Gasteiger partial charge on any atom is -0.492 e. The second kappa shape index (κ2) is 6.14. The summed E-state index contributed by atoms with van der Waals surface area (Å²) in [7, 11) is 0. The third-order valence-corrected chi connectivity index (χ3v) is 4.79. The van der Waals surface area contributed by atoms with Gasteiger partial charge in [0.05, 0.1) is 29.8 Å². The van der Waals surface area contributed by atoms with Crippen LogP contribution in [0.1, 0.15) is 19.3 Å². The summed E-state index contributed by atoms with van der Waals surface area (Å²) in [6, 6.07) is 4.00. The molecule has 1 saturated carbocycles. The van der Waals surface area contributed by atoms with Crippen molar-refractivity contribution in [2.24, 2.45) is 5.92 Å². The summed E-state index contributed by atoms with van der Waals surface area (Å²) in [5, 5.41) is 8.54. The smallest absolute Gasteiger partial charge is 0.161 e. The van der Waals surface area contributed by atoms with Gasteiger partial charge < -0.3 is 14.2 Å². The molecule has 1 aromatic heterocycles. The minimum atomic E-state index is -0.137. The number of nitrogens with zero attached hydrogens (tertiary/aromatic N) is 3. The number of benzene rings is 1. The number of aromatic nitrogens is 3. The molecule has 2 fully saturated rings. The number of rotatable bonds is 6. The van der Waals surface area contributed by atoms with Crippen molar-refractivity contribution in [3.8, 4) is 5.75 Å². The summed E-state index contributed by atoms with van der Waals surface area (Å²) < 4.78 is 19.5. The van der Waals surface area contributed by atoms with Crippen molar-refractivity contribution in [1.82, 2.24) is 15.0 Å². The first-order chi connectivity index (χ1) is 10.8. The van der Waals surface area contributed by atoms with Crippen LogP contribution in [-0.2, 0) is 16.0 Å². The van der Waals surface area contributed by atoms with E-state index in [0.29, 0.717) is 19.8 Å². The summed E-state index contributed by atoms with van der Waals surface area (Å²) in [5.74, 6) is 1.55. The maximum Gasteiger partial charge on any atom is 0.161 e. The number of hydrogen-bond donors (Lipinski definition) is 0. The fourth-order valence-corrected chi connectivity index (χ4v) is 3.15. The highest BCUT2D eigenvalue weighted by Gasteiger charge is 2.24. The van der Waals surface area contributed by atoms with Crippen molar-refractivity contribution in [3.63, 3.8) is 0 Å². The predicted octanol–water partition coefficient (Wildman–Crippen LogP) is 2.75. The molecule has 7 heteroatoms. The number of ether oxygens (including phenoxy) is 3. The molecule has 22 heavy (non-hydrogen) atoms. The molecule has 0 radical (unpaired) electrons. The lowest BCUT2D eigenvalue weighted by atomic mass is 10.3. The second-order valence-electron chi connectivity index (χ2n) is 5.77. The molecule has 0 unspecified atom stereocenters. The van der Waals surface area contributed by atoms with E-state index in [-0.39, 0.29) is 6.29 Å². The first-order valence-electron chi connectivity index (χ1n) is 7.69. The summed E-state index contributed by atoms with van der Waals surface area (Å²) in [5.41, 5.74) is 1.90. The summed E-state index contributed by atoms with van der Waals surface area (Å²) in [6.45, 7) is 2.85. The summed E-state index contributed by atoms with van der Waals surface area (Å²) in [6.07, 6.45) is 3.19. The highest BCUT2D eigenvalue weighted by molar-refractivity contribution is 9.10. The van der Waals surface area contributed by atoms with Crippen LogP contribution in [0.25, 0.3) is 11.0 Å². The second-order valence-corrected chi connectivity index (χ2v) is 6.56. The molecule has 1 aliphatic carbocycles. The molecule has 4 rings (SSSR count). The number of fused-ring (bicyclic) bond motifs is 1. The lowest BCUT2D eigenvalue weighted by Gasteiger charge is -2.11. The number of halogens is 1. The topological polar surface area (TPSA) is 58.4 Å². The molecule has 0 spiro atoms. The van der Waals surface area contributed by atoms with Crippen LogP contribution in [0.15, 0.2) is 16.6 Å². The van der Waals surface area contributed by atoms with Crippen LogP contribution < -0.4 is 4.74 Å². The van der Waals surface area contributed by atoms with Crippen LogP contribution in [-0.4, -0.2) is 41.1 Å². The van der Waals surface area contributed by atoms with Gasteiger partial charge in [-0.25, -0.2) is 4.68 Å². The van der Waals surface area contributed by atoms with E-state index in [2.05, 4.69) is 26.2 Å². The van der Waals surface area contributed by atoms with E-state index >= 15 is 0 Å². The number of hydrogen-bond acceptors (Lipinski definition) is 5. The van der Waals surface area contributed by atoms with Gasteiger partial charge in [0.1, 0.15) is 11.3 Å². The molecule has 0 amide bonds. The van der Waals surface area contributed by atoms with Crippen LogP contribution in [0.5, 0.6) is 5.75 Å². The normalized spacial score (nSPS) is 19.1. The Morgan fingerprint density at radius 3 is 2.86 bits per heavy atom. The van der Waals surface area contributed by atoms with E-state index in [0.717, 1.165) is 40.1 Å². The van der Waals surface area contributed by atoms with Crippen molar-refractivity contribution in [1.29, 1.82) is 0 Å². The molecular formula is C15H18BrN3O3. The molecule has 0 N–H and O–H groups in total. The van der Waals surface area contributed by atoms with Crippen molar-refractivity contribution in [3.05, 3.63) is 16.6 Å². The molecule has 118 valence electrons.